The van der Waals surface area contributed by atoms with E-state index < -0.39 is 0 Å². The molecule has 0 saturated carbocycles. The van der Waals surface area contributed by atoms with Crippen molar-refractivity contribution in [2.24, 2.45) is 0 Å². The zero-order chi connectivity index (χ0) is 18.4. The number of hydrogen-bond donors (Lipinski definition) is 1. The van der Waals surface area contributed by atoms with E-state index in [1.807, 2.05) is 0 Å². The van der Waals surface area contributed by atoms with Crippen LogP contribution in [-0.4, -0.2) is 13.0 Å². The predicted molar refractivity (Wildman–Crippen MR) is 93.6 cm³/mol. The minimum Gasteiger partial charge on any atom is -0.497 e. The Morgan fingerprint density at radius 2 is 1.69 bits per heavy atom. The van der Waals surface area contributed by atoms with Crippen molar-refractivity contribution in [1.29, 1.82) is 0 Å². The third kappa shape index (κ3) is 4.63. The van der Waals surface area contributed by atoms with Crippen molar-refractivity contribution in [2.75, 3.05) is 7.11 Å². The molecule has 3 aromatic rings. The number of furan rings is 1. The quantitative estimate of drug-likeness (QED) is 0.697. The average Bonchev–Trinajstić information content (AvgIpc) is 3.15. The molecule has 0 aliphatic carbocycles. The van der Waals surface area contributed by atoms with Gasteiger partial charge in [0, 0.05) is 6.54 Å². The highest BCUT2D eigenvalue weighted by molar-refractivity contribution is 5.91. The molecule has 0 saturated heterocycles. The molecule has 0 fully saturated rings. The van der Waals surface area contributed by atoms with E-state index in [-0.39, 0.29) is 30.6 Å². The van der Waals surface area contributed by atoms with E-state index in [0.29, 0.717) is 11.5 Å². The number of amides is 1. The van der Waals surface area contributed by atoms with Crippen molar-refractivity contribution in [2.45, 2.75) is 13.2 Å². The van der Waals surface area contributed by atoms with E-state index in [4.69, 9.17) is 13.9 Å². The summed E-state index contributed by atoms with van der Waals surface area (Å²) < 4.78 is 29.1. The number of carbonyl (C=O) groups is 1. The Morgan fingerprint density at radius 1 is 1.00 bits per heavy atom. The Morgan fingerprint density at radius 3 is 2.38 bits per heavy atom. The Bertz CT molecular complexity index is 856. The van der Waals surface area contributed by atoms with Crippen molar-refractivity contribution >= 4 is 5.91 Å². The number of benzene rings is 2. The normalized spacial score (nSPS) is 10.4. The first-order valence-corrected chi connectivity index (χ1v) is 8.02. The van der Waals surface area contributed by atoms with Crippen molar-refractivity contribution in [3.63, 3.8) is 0 Å². The van der Waals surface area contributed by atoms with Crippen LogP contribution in [0.2, 0.25) is 0 Å². The first-order chi connectivity index (χ1) is 12.6. The topological polar surface area (TPSA) is 60.7 Å². The van der Waals surface area contributed by atoms with Crippen molar-refractivity contribution in [3.8, 4) is 11.5 Å². The molecule has 0 radical (unpaired) electrons. The van der Waals surface area contributed by atoms with Crippen molar-refractivity contribution < 1.29 is 23.1 Å². The molecule has 134 valence electrons. The number of halogens is 1. The summed E-state index contributed by atoms with van der Waals surface area (Å²) in [6.45, 7) is 0.495. The third-order valence-electron chi connectivity index (χ3n) is 3.69. The fourth-order valence-electron chi connectivity index (χ4n) is 2.28. The second kappa shape index (κ2) is 8.20. The zero-order valence-corrected chi connectivity index (χ0v) is 14.2. The van der Waals surface area contributed by atoms with Gasteiger partial charge in [-0.15, -0.1) is 0 Å². The minimum absolute atomic E-state index is 0.195. The lowest BCUT2D eigenvalue weighted by Gasteiger charge is -2.05. The minimum atomic E-state index is -0.343. The largest absolute Gasteiger partial charge is 0.497 e. The van der Waals surface area contributed by atoms with Crippen LogP contribution < -0.4 is 14.8 Å². The summed E-state index contributed by atoms with van der Waals surface area (Å²) in [5.41, 5.74) is 0.800. The molecule has 1 N–H and O–H groups in total. The summed E-state index contributed by atoms with van der Waals surface area (Å²) in [5.74, 6) is 1.49. The molecule has 6 heteroatoms. The van der Waals surface area contributed by atoms with E-state index in [1.165, 1.54) is 12.1 Å². The highest BCUT2D eigenvalue weighted by Gasteiger charge is 2.11. The second-order valence-electron chi connectivity index (χ2n) is 5.54. The molecule has 0 unspecified atom stereocenters. The summed E-state index contributed by atoms with van der Waals surface area (Å²) >= 11 is 0. The Labute approximate surface area is 150 Å². The van der Waals surface area contributed by atoms with Crippen LogP contribution in [0.5, 0.6) is 11.5 Å². The van der Waals surface area contributed by atoms with Gasteiger partial charge in [-0.25, -0.2) is 4.39 Å². The van der Waals surface area contributed by atoms with Crippen LogP contribution in [0.1, 0.15) is 21.9 Å². The van der Waals surface area contributed by atoms with Crippen LogP contribution in [0.15, 0.2) is 65.1 Å². The monoisotopic (exact) mass is 355 g/mol. The Kier molecular flexibility index (Phi) is 5.53. The van der Waals surface area contributed by atoms with E-state index in [0.717, 1.165) is 11.3 Å². The van der Waals surface area contributed by atoms with Crippen molar-refractivity contribution in [1.82, 2.24) is 5.32 Å². The average molecular weight is 355 g/mol. The van der Waals surface area contributed by atoms with Crippen LogP contribution in [-0.2, 0) is 13.2 Å². The number of carbonyl (C=O) groups excluding carboxylic acids is 1. The summed E-state index contributed by atoms with van der Waals surface area (Å²) in [7, 11) is 1.60. The van der Waals surface area contributed by atoms with Crippen LogP contribution in [0, 0.1) is 5.82 Å². The molecule has 1 aromatic heterocycles. The second-order valence-corrected chi connectivity index (χ2v) is 5.54. The van der Waals surface area contributed by atoms with E-state index in [2.05, 4.69) is 5.32 Å². The lowest BCUT2D eigenvalue weighted by atomic mass is 10.2. The molecular weight excluding hydrogens is 337 g/mol. The maximum absolute atomic E-state index is 12.9. The number of ether oxygens (including phenoxy) is 2. The molecule has 26 heavy (non-hydrogen) atoms. The first-order valence-electron chi connectivity index (χ1n) is 8.02. The van der Waals surface area contributed by atoms with E-state index in [9.17, 15) is 9.18 Å². The molecule has 0 aliphatic rings. The van der Waals surface area contributed by atoms with Gasteiger partial charge < -0.3 is 19.2 Å². The fourth-order valence-corrected chi connectivity index (χ4v) is 2.28. The fraction of sp³-hybridized carbons (Fsp3) is 0.150. The summed E-state index contributed by atoms with van der Waals surface area (Å²) in [5, 5.41) is 2.72. The lowest BCUT2D eigenvalue weighted by molar-refractivity contribution is 0.0919. The van der Waals surface area contributed by atoms with Crippen LogP contribution in [0.3, 0.4) is 0 Å². The molecule has 0 spiro atoms. The summed E-state index contributed by atoms with van der Waals surface area (Å²) in [6, 6.07) is 16.4. The van der Waals surface area contributed by atoms with E-state index >= 15 is 0 Å². The summed E-state index contributed by atoms with van der Waals surface area (Å²) in [4.78, 5) is 12.1. The maximum atomic E-state index is 12.9. The molecule has 0 bridgehead atoms. The highest BCUT2D eigenvalue weighted by atomic mass is 19.1. The lowest BCUT2D eigenvalue weighted by Crippen LogP contribution is -2.22. The van der Waals surface area contributed by atoms with Gasteiger partial charge >= 0.3 is 0 Å². The Balaban J connectivity index is 1.51. The van der Waals surface area contributed by atoms with E-state index in [1.54, 1.807) is 55.6 Å². The standard InChI is InChI=1S/C20H18FNO4/c1-24-16-6-8-17(9-7-16)25-13-18-10-11-19(26-18)20(23)22-12-14-2-4-15(21)5-3-14/h2-11H,12-13H2,1H3,(H,22,23). The van der Waals surface area contributed by atoms with Crippen LogP contribution in [0.25, 0.3) is 0 Å². The third-order valence-corrected chi connectivity index (χ3v) is 3.69. The van der Waals surface area contributed by atoms with Gasteiger partial charge in [0.1, 0.15) is 29.7 Å². The summed E-state index contributed by atoms with van der Waals surface area (Å²) in [6.07, 6.45) is 0. The molecule has 1 heterocycles. The predicted octanol–water partition coefficient (Wildman–Crippen LogP) is 3.94. The molecule has 5 nitrogen and oxygen atoms in total. The van der Waals surface area contributed by atoms with Gasteiger partial charge in [-0.3, -0.25) is 4.79 Å². The van der Waals surface area contributed by atoms with Gasteiger partial charge in [-0.05, 0) is 54.1 Å². The molecule has 3 rings (SSSR count). The van der Waals surface area contributed by atoms with Gasteiger partial charge in [-0.1, -0.05) is 12.1 Å². The number of methoxy groups -OCH3 is 1. The molecule has 0 aliphatic heterocycles. The molecule has 0 atom stereocenters. The van der Waals surface area contributed by atoms with Gasteiger partial charge in [-0.2, -0.15) is 0 Å². The highest BCUT2D eigenvalue weighted by Crippen LogP contribution is 2.19. The van der Waals surface area contributed by atoms with Crippen LogP contribution in [0.4, 0.5) is 4.39 Å². The molecular formula is C20H18FNO4. The SMILES string of the molecule is COc1ccc(OCc2ccc(C(=O)NCc3ccc(F)cc3)o2)cc1. The molecule has 2 aromatic carbocycles. The maximum Gasteiger partial charge on any atom is 0.287 e. The first kappa shape index (κ1) is 17.5. The van der Waals surface area contributed by atoms with Gasteiger partial charge in [0.15, 0.2) is 5.76 Å². The van der Waals surface area contributed by atoms with Crippen molar-refractivity contribution in [3.05, 3.63) is 83.6 Å². The Hall–Kier alpha value is -3.28. The van der Waals surface area contributed by atoms with Gasteiger partial charge in [0.25, 0.3) is 5.91 Å². The zero-order valence-electron chi connectivity index (χ0n) is 14.2. The number of nitrogens with one attached hydrogen (secondary N) is 1. The van der Waals surface area contributed by atoms with Crippen LogP contribution >= 0.6 is 0 Å². The molecule has 1 amide bonds. The number of rotatable bonds is 7. The van der Waals surface area contributed by atoms with Gasteiger partial charge in [0.2, 0.25) is 0 Å². The number of hydrogen-bond acceptors (Lipinski definition) is 4. The smallest absolute Gasteiger partial charge is 0.287 e. The van der Waals surface area contributed by atoms with Gasteiger partial charge in [0.05, 0.1) is 7.11 Å².